The van der Waals surface area contributed by atoms with Gasteiger partial charge in [-0.1, -0.05) is 62.8 Å². The number of aryl methyl sites for hydroxylation is 1. The Labute approximate surface area is 240 Å². The fourth-order valence-corrected chi connectivity index (χ4v) is 6.92. The summed E-state index contributed by atoms with van der Waals surface area (Å²) in [4.78, 5) is 46.1. The summed E-state index contributed by atoms with van der Waals surface area (Å²) in [6, 6.07) is 17.1. The molecular formula is C34H34N2O5. The van der Waals surface area contributed by atoms with E-state index >= 15 is 4.79 Å². The molecule has 3 aromatic rings. The van der Waals surface area contributed by atoms with Gasteiger partial charge in [0.15, 0.2) is 11.6 Å². The van der Waals surface area contributed by atoms with Crippen molar-refractivity contribution in [1.82, 2.24) is 0 Å². The van der Waals surface area contributed by atoms with E-state index in [1.807, 2.05) is 81.1 Å². The normalized spacial score (nSPS) is 24.0. The zero-order valence-corrected chi connectivity index (χ0v) is 24.1. The second-order valence-corrected chi connectivity index (χ2v) is 12.1. The van der Waals surface area contributed by atoms with Gasteiger partial charge in [0.2, 0.25) is 5.91 Å². The van der Waals surface area contributed by atoms with Gasteiger partial charge in [0.05, 0.1) is 31.7 Å². The van der Waals surface area contributed by atoms with Gasteiger partial charge >= 0.3 is 0 Å². The van der Waals surface area contributed by atoms with Gasteiger partial charge in [0.25, 0.3) is 0 Å². The second-order valence-electron chi connectivity index (χ2n) is 12.1. The fraction of sp³-hybridized carbons (Fsp3) is 0.324. The summed E-state index contributed by atoms with van der Waals surface area (Å²) in [5, 5.41) is 3.06. The first kappa shape index (κ1) is 26.8. The lowest BCUT2D eigenvalue weighted by atomic mass is 9.63. The summed E-state index contributed by atoms with van der Waals surface area (Å²) in [5.41, 5.74) is 2.33. The van der Waals surface area contributed by atoms with Crippen molar-refractivity contribution in [3.05, 3.63) is 89.0 Å². The number of nitrogens with zero attached hydrogens (tertiary/aromatic N) is 1. The molecule has 6 rings (SSSR count). The van der Waals surface area contributed by atoms with Gasteiger partial charge in [-0.25, -0.2) is 0 Å². The number of hydrogen-bond donors (Lipinski definition) is 1. The van der Waals surface area contributed by atoms with E-state index in [1.165, 1.54) is 14.2 Å². The minimum Gasteiger partial charge on any atom is -0.497 e. The minimum absolute atomic E-state index is 0.112. The molecule has 0 saturated carbocycles. The molecule has 3 aliphatic rings. The van der Waals surface area contributed by atoms with Crippen molar-refractivity contribution in [2.75, 3.05) is 24.4 Å². The number of benzene rings is 3. The average Bonchev–Trinajstić information content (AvgIpc) is 3.43. The Balaban J connectivity index is 1.70. The van der Waals surface area contributed by atoms with Gasteiger partial charge in [-0.05, 0) is 54.4 Å². The largest absolute Gasteiger partial charge is 0.497 e. The highest BCUT2D eigenvalue weighted by molar-refractivity contribution is 6.17. The first-order valence-electron chi connectivity index (χ1n) is 13.8. The number of ketones is 2. The van der Waals surface area contributed by atoms with Crippen LogP contribution < -0.4 is 19.7 Å². The van der Waals surface area contributed by atoms with Crippen LogP contribution in [0.5, 0.6) is 11.5 Å². The fourth-order valence-electron chi connectivity index (χ4n) is 6.92. The van der Waals surface area contributed by atoms with Crippen molar-refractivity contribution in [3.63, 3.8) is 0 Å². The Kier molecular flexibility index (Phi) is 6.10. The maximum absolute atomic E-state index is 15.0. The highest BCUT2D eigenvalue weighted by Crippen LogP contribution is 2.58. The van der Waals surface area contributed by atoms with E-state index in [2.05, 4.69) is 11.4 Å². The number of carbonyl (C=O) groups excluding carboxylic acids is 3. The Morgan fingerprint density at radius 2 is 1.73 bits per heavy atom. The number of rotatable bonds is 5. The van der Waals surface area contributed by atoms with E-state index in [9.17, 15) is 9.59 Å². The number of fused-ring (bicyclic) bond motifs is 6. The molecule has 1 N–H and O–H groups in total. The van der Waals surface area contributed by atoms with Crippen molar-refractivity contribution in [2.45, 2.75) is 45.2 Å². The molecule has 7 nitrogen and oxygen atoms in total. The van der Waals surface area contributed by atoms with Gasteiger partial charge < -0.3 is 19.7 Å². The lowest BCUT2D eigenvalue weighted by Gasteiger charge is -2.38. The van der Waals surface area contributed by atoms with E-state index in [0.717, 1.165) is 16.8 Å². The van der Waals surface area contributed by atoms with Crippen LogP contribution in [0, 0.1) is 18.3 Å². The molecule has 0 bridgehead atoms. The molecule has 3 aromatic carbocycles. The summed E-state index contributed by atoms with van der Waals surface area (Å²) in [6.45, 7) is 7.61. The smallest absolute Gasteiger partial charge is 0.238 e. The zero-order chi connectivity index (χ0) is 29.3. The van der Waals surface area contributed by atoms with E-state index in [4.69, 9.17) is 9.47 Å². The van der Waals surface area contributed by atoms with Crippen LogP contribution >= 0.6 is 0 Å². The Morgan fingerprint density at radius 3 is 2.44 bits per heavy atom. The number of hydrogen-bond acceptors (Lipinski definition) is 6. The predicted octanol–water partition coefficient (Wildman–Crippen LogP) is 5.60. The quantitative estimate of drug-likeness (QED) is 0.417. The third-order valence-corrected chi connectivity index (χ3v) is 8.75. The molecule has 1 fully saturated rings. The van der Waals surface area contributed by atoms with Crippen LogP contribution in [0.1, 0.15) is 47.8 Å². The van der Waals surface area contributed by atoms with Crippen molar-refractivity contribution in [2.24, 2.45) is 11.3 Å². The number of nitrogens with one attached hydrogen (secondary N) is 1. The third kappa shape index (κ3) is 3.75. The Hall–Kier alpha value is -4.39. The van der Waals surface area contributed by atoms with E-state index in [1.54, 1.807) is 18.2 Å². The van der Waals surface area contributed by atoms with Crippen LogP contribution in [0.2, 0.25) is 0 Å². The van der Waals surface area contributed by atoms with Crippen LogP contribution in [-0.4, -0.2) is 43.8 Å². The third-order valence-electron chi connectivity index (χ3n) is 8.75. The molecule has 3 aliphatic heterocycles. The summed E-state index contributed by atoms with van der Waals surface area (Å²) < 4.78 is 11.1. The van der Waals surface area contributed by atoms with Crippen LogP contribution in [0.3, 0.4) is 0 Å². The highest BCUT2D eigenvalue weighted by Gasteiger charge is 2.71. The Bertz CT molecular complexity index is 1630. The summed E-state index contributed by atoms with van der Waals surface area (Å²) in [6.07, 6.45) is 4.00. The first-order chi connectivity index (χ1) is 19.5. The molecule has 210 valence electrons. The Morgan fingerprint density at radius 1 is 0.976 bits per heavy atom. The maximum Gasteiger partial charge on any atom is 0.238 e. The number of carbonyl (C=O) groups is 3. The monoisotopic (exact) mass is 550 g/mol. The summed E-state index contributed by atoms with van der Waals surface area (Å²) in [5.74, 6) is -0.963. The SMILES string of the molecule is COc1ccc(OC)c(C(=O)[C@@H]2[C@@H](C(=O)C(C)(C)C)N3c4ccc(C)cc4C=C[C@@H]3[C@@]23C(=O)Nc2ccccc23)c1. The van der Waals surface area contributed by atoms with Crippen molar-refractivity contribution in [3.8, 4) is 11.5 Å². The van der Waals surface area contributed by atoms with Crippen LogP contribution in [-0.2, 0) is 15.0 Å². The lowest BCUT2D eigenvalue weighted by molar-refractivity contribution is -0.128. The van der Waals surface area contributed by atoms with Crippen molar-refractivity contribution >= 4 is 34.9 Å². The van der Waals surface area contributed by atoms with Gasteiger partial charge in [0.1, 0.15) is 23.0 Å². The molecule has 4 atom stereocenters. The van der Waals surface area contributed by atoms with Crippen molar-refractivity contribution in [1.29, 1.82) is 0 Å². The van der Waals surface area contributed by atoms with E-state index < -0.39 is 28.8 Å². The standard InChI is InChI=1S/C34H34N2O5/c1-19-11-14-25-20(17-19)12-16-27-34(23-9-7-8-10-24(23)35-32(34)39)28(29(36(25)27)31(38)33(2,3)4)30(37)22-18-21(40-5)13-15-26(22)41-6/h7-18,27-29H,1-6H3,(H,35,39)/t27-,28+,29+,34-/m1/s1. The molecule has 3 heterocycles. The van der Waals surface area contributed by atoms with Gasteiger partial charge in [-0.3, -0.25) is 14.4 Å². The molecule has 0 aliphatic carbocycles. The molecule has 7 heteroatoms. The van der Waals surface area contributed by atoms with Crippen molar-refractivity contribution < 1.29 is 23.9 Å². The average molecular weight is 551 g/mol. The van der Waals surface area contributed by atoms with E-state index in [-0.39, 0.29) is 23.0 Å². The molecular weight excluding hydrogens is 516 g/mol. The predicted molar refractivity (Wildman–Crippen MR) is 159 cm³/mol. The number of ether oxygens (including phenoxy) is 2. The number of para-hydroxylation sites is 1. The zero-order valence-electron chi connectivity index (χ0n) is 24.1. The number of amides is 1. The molecule has 41 heavy (non-hydrogen) atoms. The number of Topliss-reactive ketones (excluding diaryl/α,β-unsaturated/α-hetero) is 2. The molecule has 1 amide bonds. The first-order valence-corrected chi connectivity index (χ1v) is 13.8. The van der Waals surface area contributed by atoms with Crippen LogP contribution in [0.15, 0.2) is 66.7 Å². The number of anilines is 2. The molecule has 1 saturated heterocycles. The topological polar surface area (TPSA) is 84.9 Å². The van der Waals surface area contributed by atoms with E-state index in [0.29, 0.717) is 22.7 Å². The summed E-state index contributed by atoms with van der Waals surface area (Å²) in [7, 11) is 3.03. The molecule has 0 radical (unpaired) electrons. The van der Waals surface area contributed by atoms with Gasteiger partial charge in [-0.2, -0.15) is 0 Å². The lowest BCUT2D eigenvalue weighted by Crippen LogP contribution is -2.51. The molecule has 0 aromatic heterocycles. The molecule has 1 spiro atoms. The second kappa shape index (κ2) is 9.33. The number of methoxy groups -OCH3 is 2. The van der Waals surface area contributed by atoms with Gasteiger partial charge in [-0.15, -0.1) is 0 Å². The summed E-state index contributed by atoms with van der Waals surface area (Å²) >= 11 is 0. The molecule has 0 unspecified atom stereocenters. The van der Waals surface area contributed by atoms with Crippen LogP contribution in [0.4, 0.5) is 11.4 Å². The highest BCUT2D eigenvalue weighted by atomic mass is 16.5. The minimum atomic E-state index is -1.37. The van der Waals surface area contributed by atoms with Gasteiger partial charge in [0, 0.05) is 16.8 Å². The van der Waals surface area contributed by atoms with Crippen LogP contribution in [0.25, 0.3) is 6.08 Å². The maximum atomic E-state index is 15.0.